The van der Waals surface area contributed by atoms with E-state index in [1.165, 1.54) is 16.7 Å². The SMILES string of the molecule is C1=CC(c2ccc(-c3ccc(-c4nc(-c5ccccc5)nc(-c5cccc6c(-c7cccc8oc9ccccc9c78)cccc56)n4)cc3)cc2)=CCC1. The van der Waals surface area contributed by atoms with Crippen LogP contribution in [0.2, 0.25) is 0 Å². The highest BCUT2D eigenvalue weighted by atomic mass is 16.3. The van der Waals surface area contributed by atoms with Crippen LogP contribution < -0.4 is 0 Å². The fourth-order valence-corrected chi connectivity index (χ4v) is 7.58. The minimum absolute atomic E-state index is 0.634. The average molecular weight is 680 g/mol. The fourth-order valence-electron chi connectivity index (χ4n) is 7.58. The Kier molecular flexibility index (Phi) is 7.58. The Labute approximate surface area is 307 Å². The van der Waals surface area contributed by atoms with Gasteiger partial charge >= 0.3 is 0 Å². The van der Waals surface area contributed by atoms with Crippen molar-refractivity contribution >= 4 is 38.3 Å². The topological polar surface area (TPSA) is 51.8 Å². The minimum atomic E-state index is 0.634. The molecular weight excluding hydrogens is 647 g/mol. The quantitative estimate of drug-likeness (QED) is 0.175. The third kappa shape index (κ3) is 5.62. The minimum Gasteiger partial charge on any atom is -0.456 e. The molecule has 0 bridgehead atoms. The zero-order valence-corrected chi connectivity index (χ0v) is 28.9. The van der Waals surface area contributed by atoms with Gasteiger partial charge in [-0.2, -0.15) is 0 Å². The van der Waals surface area contributed by atoms with Crippen LogP contribution in [-0.2, 0) is 0 Å². The molecule has 2 aromatic heterocycles. The van der Waals surface area contributed by atoms with Crippen LogP contribution in [0.1, 0.15) is 18.4 Å². The van der Waals surface area contributed by atoms with Crippen molar-refractivity contribution in [1.82, 2.24) is 15.0 Å². The van der Waals surface area contributed by atoms with Crippen molar-refractivity contribution < 1.29 is 4.42 Å². The first-order chi connectivity index (χ1) is 26.3. The molecule has 0 spiro atoms. The second-order valence-electron chi connectivity index (χ2n) is 13.4. The molecule has 4 nitrogen and oxygen atoms in total. The van der Waals surface area contributed by atoms with Crippen LogP contribution in [0.25, 0.3) is 94.7 Å². The standard InChI is InChI=1S/C49H33N3O/c1-3-12-32(13-4-1)33-24-26-34(27-25-33)35-28-30-37(31-29-35)48-50-47(36-14-5-2-6-15-36)51-49(52-48)42-21-10-17-38-39(18-9-19-40(38)42)41-20-11-23-45-46(41)43-16-7-8-22-44(43)53-45/h2-3,5-31H,1,4H2. The Morgan fingerprint density at radius 3 is 1.66 bits per heavy atom. The van der Waals surface area contributed by atoms with Gasteiger partial charge in [0.25, 0.3) is 0 Å². The molecule has 0 atom stereocenters. The highest BCUT2D eigenvalue weighted by molar-refractivity contribution is 6.16. The van der Waals surface area contributed by atoms with E-state index in [1.54, 1.807) is 0 Å². The van der Waals surface area contributed by atoms with Gasteiger partial charge in [-0.1, -0.05) is 164 Å². The summed E-state index contributed by atoms with van der Waals surface area (Å²) in [6.45, 7) is 0. The number of aromatic nitrogens is 3. The number of furan rings is 1. The monoisotopic (exact) mass is 679 g/mol. The van der Waals surface area contributed by atoms with E-state index in [2.05, 4.69) is 127 Å². The number of para-hydroxylation sites is 1. The second-order valence-corrected chi connectivity index (χ2v) is 13.4. The van der Waals surface area contributed by atoms with Gasteiger partial charge in [0.1, 0.15) is 11.2 Å². The van der Waals surface area contributed by atoms with Crippen LogP contribution in [0.3, 0.4) is 0 Å². The van der Waals surface area contributed by atoms with Crippen molar-refractivity contribution in [2.24, 2.45) is 0 Å². The highest BCUT2D eigenvalue weighted by Crippen LogP contribution is 2.41. The van der Waals surface area contributed by atoms with Gasteiger partial charge < -0.3 is 4.42 Å². The van der Waals surface area contributed by atoms with Gasteiger partial charge in [-0.3, -0.25) is 0 Å². The molecule has 7 aromatic carbocycles. The maximum atomic E-state index is 6.26. The van der Waals surface area contributed by atoms with Gasteiger partial charge in [0, 0.05) is 27.5 Å². The third-order valence-corrected chi connectivity index (χ3v) is 10.2. The van der Waals surface area contributed by atoms with Crippen LogP contribution in [0, 0.1) is 0 Å². The van der Waals surface area contributed by atoms with E-state index >= 15 is 0 Å². The summed E-state index contributed by atoms with van der Waals surface area (Å²) in [6, 6.07) is 54.9. The van der Waals surface area contributed by atoms with Crippen molar-refractivity contribution in [3.05, 3.63) is 182 Å². The summed E-state index contributed by atoms with van der Waals surface area (Å²) >= 11 is 0. The van der Waals surface area contributed by atoms with E-state index < -0.39 is 0 Å². The number of benzene rings is 7. The van der Waals surface area contributed by atoms with Crippen molar-refractivity contribution in [2.45, 2.75) is 12.8 Å². The number of fused-ring (bicyclic) bond motifs is 4. The second kappa shape index (κ2) is 13.0. The molecule has 0 fully saturated rings. The van der Waals surface area contributed by atoms with Crippen LogP contribution in [0.5, 0.6) is 0 Å². The van der Waals surface area contributed by atoms with Gasteiger partial charge in [0.05, 0.1) is 0 Å². The normalized spacial score (nSPS) is 12.8. The molecule has 2 heterocycles. The molecule has 53 heavy (non-hydrogen) atoms. The first kappa shape index (κ1) is 30.9. The van der Waals surface area contributed by atoms with E-state index in [0.29, 0.717) is 17.5 Å². The molecule has 1 aliphatic rings. The van der Waals surface area contributed by atoms with Crippen molar-refractivity contribution in [3.63, 3.8) is 0 Å². The predicted octanol–water partition coefficient (Wildman–Crippen LogP) is 13.0. The predicted molar refractivity (Wildman–Crippen MR) is 218 cm³/mol. The largest absolute Gasteiger partial charge is 0.456 e. The molecule has 9 aromatic rings. The Balaban J connectivity index is 1.08. The molecule has 0 unspecified atom stereocenters. The van der Waals surface area contributed by atoms with Crippen LogP contribution in [0.15, 0.2) is 180 Å². The Bertz CT molecular complexity index is 2870. The molecule has 0 N–H and O–H groups in total. The highest BCUT2D eigenvalue weighted by Gasteiger charge is 2.18. The maximum Gasteiger partial charge on any atom is 0.164 e. The Morgan fingerprint density at radius 2 is 0.925 bits per heavy atom. The van der Waals surface area contributed by atoms with Crippen molar-refractivity contribution in [3.8, 4) is 56.4 Å². The average Bonchev–Trinajstić information content (AvgIpc) is 3.63. The zero-order chi connectivity index (χ0) is 35.1. The lowest BCUT2D eigenvalue weighted by molar-refractivity contribution is 0.669. The van der Waals surface area contributed by atoms with Crippen LogP contribution in [0.4, 0.5) is 0 Å². The van der Waals surface area contributed by atoms with Crippen molar-refractivity contribution in [2.75, 3.05) is 0 Å². The number of allylic oxidation sites excluding steroid dienone is 4. The summed E-state index contributed by atoms with van der Waals surface area (Å²) in [4.78, 5) is 15.3. The summed E-state index contributed by atoms with van der Waals surface area (Å²) in [5, 5.41) is 4.42. The molecule has 250 valence electrons. The molecule has 4 heteroatoms. The summed E-state index contributed by atoms with van der Waals surface area (Å²) in [6.07, 6.45) is 9.01. The molecule has 10 rings (SSSR count). The first-order valence-corrected chi connectivity index (χ1v) is 18.1. The summed E-state index contributed by atoms with van der Waals surface area (Å²) in [5.41, 5.74) is 11.7. The molecular formula is C49H33N3O. The summed E-state index contributed by atoms with van der Waals surface area (Å²) in [5.74, 6) is 1.91. The van der Waals surface area contributed by atoms with Gasteiger partial charge in [-0.15, -0.1) is 0 Å². The molecule has 0 saturated carbocycles. The smallest absolute Gasteiger partial charge is 0.164 e. The van der Waals surface area contributed by atoms with E-state index in [-0.39, 0.29) is 0 Å². The van der Waals surface area contributed by atoms with Crippen LogP contribution >= 0.6 is 0 Å². The first-order valence-electron chi connectivity index (χ1n) is 18.1. The lowest BCUT2D eigenvalue weighted by atomic mass is 9.93. The molecule has 0 saturated heterocycles. The van der Waals surface area contributed by atoms with E-state index in [4.69, 9.17) is 19.4 Å². The fraction of sp³-hybridized carbons (Fsp3) is 0.0408. The van der Waals surface area contributed by atoms with E-state index in [1.807, 2.05) is 48.5 Å². The van der Waals surface area contributed by atoms with E-state index in [9.17, 15) is 0 Å². The third-order valence-electron chi connectivity index (χ3n) is 10.2. The molecule has 0 amide bonds. The van der Waals surface area contributed by atoms with E-state index in [0.717, 1.165) is 78.9 Å². The number of hydrogen-bond donors (Lipinski definition) is 0. The molecule has 0 aliphatic heterocycles. The molecule has 1 aliphatic carbocycles. The Hall–Kier alpha value is -6.91. The number of hydrogen-bond acceptors (Lipinski definition) is 4. The number of nitrogens with zero attached hydrogens (tertiary/aromatic N) is 3. The number of rotatable bonds is 6. The van der Waals surface area contributed by atoms with Gasteiger partial charge in [-0.25, -0.2) is 15.0 Å². The summed E-state index contributed by atoms with van der Waals surface area (Å²) in [7, 11) is 0. The lowest BCUT2D eigenvalue weighted by Gasteiger charge is -2.13. The molecule has 0 radical (unpaired) electrons. The van der Waals surface area contributed by atoms with Gasteiger partial charge in [-0.05, 0) is 69.1 Å². The van der Waals surface area contributed by atoms with Crippen LogP contribution in [-0.4, -0.2) is 15.0 Å². The van der Waals surface area contributed by atoms with Gasteiger partial charge in [0.15, 0.2) is 17.5 Å². The van der Waals surface area contributed by atoms with Crippen molar-refractivity contribution in [1.29, 1.82) is 0 Å². The summed E-state index contributed by atoms with van der Waals surface area (Å²) < 4.78 is 6.26. The lowest BCUT2D eigenvalue weighted by Crippen LogP contribution is -2.00. The van der Waals surface area contributed by atoms with Gasteiger partial charge in [0.2, 0.25) is 0 Å². The maximum absolute atomic E-state index is 6.26. The zero-order valence-electron chi connectivity index (χ0n) is 28.9. The Morgan fingerprint density at radius 1 is 0.377 bits per heavy atom.